The monoisotopic (exact) mass is 419 g/mol. The lowest BCUT2D eigenvalue weighted by atomic mass is 10.1. The van der Waals surface area contributed by atoms with Crippen molar-refractivity contribution in [3.63, 3.8) is 0 Å². The quantitative estimate of drug-likeness (QED) is 0.483. The first-order valence-electron chi connectivity index (χ1n) is 9.68. The number of benzene rings is 1. The number of hydrogen-bond acceptors (Lipinski definition) is 6. The van der Waals surface area contributed by atoms with Crippen molar-refractivity contribution >= 4 is 23.5 Å². The van der Waals surface area contributed by atoms with E-state index in [-0.39, 0.29) is 41.0 Å². The van der Waals surface area contributed by atoms with Crippen LogP contribution in [-0.4, -0.2) is 38.4 Å². The Kier molecular flexibility index (Phi) is 4.35. The van der Waals surface area contributed by atoms with Crippen LogP contribution in [0.2, 0.25) is 0 Å². The molecule has 0 unspecified atom stereocenters. The van der Waals surface area contributed by atoms with E-state index in [4.69, 9.17) is 20.1 Å². The first kappa shape index (κ1) is 19.0. The van der Waals surface area contributed by atoms with Crippen LogP contribution in [0.4, 0.5) is 4.39 Å². The van der Waals surface area contributed by atoms with Crippen LogP contribution in [0.3, 0.4) is 0 Å². The van der Waals surface area contributed by atoms with Gasteiger partial charge in [0.2, 0.25) is 11.7 Å². The van der Waals surface area contributed by atoms with Crippen LogP contribution in [0.25, 0.3) is 11.4 Å². The number of rotatable bonds is 5. The highest BCUT2D eigenvalue weighted by Gasteiger charge is 2.47. The molecular weight excluding hydrogens is 401 g/mol. The molecule has 1 aromatic carbocycles. The molecule has 0 bridgehead atoms. The van der Waals surface area contributed by atoms with Crippen LogP contribution in [0.1, 0.15) is 31.0 Å². The molecule has 2 N–H and O–H groups in total. The van der Waals surface area contributed by atoms with Gasteiger partial charge in [-0.25, -0.2) is 4.39 Å². The maximum Gasteiger partial charge on any atom is 0.268 e. The second-order valence-corrected chi connectivity index (χ2v) is 7.74. The zero-order chi connectivity index (χ0) is 21.6. The molecule has 0 atom stereocenters. The van der Waals surface area contributed by atoms with Crippen LogP contribution in [0, 0.1) is 22.1 Å². The van der Waals surface area contributed by atoms with Crippen molar-refractivity contribution in [1.29, 1.82) is 10.8 Å². The Morgan fingerprint density at radius 3 is 2.81 bits per heavy atom. The first-order valence-corrected chi connectivity index (χ1v) is 9.68. The Hall–Kier alpha value is -3.95. The van der Waals surface area contributed by atoms with E-state index >= 15 is 0 Å². The van der Waals surface area contributed by atoms with Crippen molar-refractivity contribution < 1.29 is 13.7 Å². The van der Waals surface area contributed by atoms with Crippen LogP contribution in [0.15, 0.2) is 57.2 Å². The Labute approximate surface area is 176 Å². The highest BCUT2D eigenvalue weighted by molar-refractivity contribution is 6.45. The van der Waals surface area contributed by atoms with E-state index in [0.29, 0.717) is 22.8 Å². The molecule has 0 radical (unpaired) electrons. The minimum absolute atomic E-state index is 0.0280. The molecule has 3 aromatic rings. The molecule has 1 aliphatic heterocycles. The Morgan fingerprint density at radius 1 is 1.29 bits per heavy atom. The van der Waals surface area contributed by atoms with Crippen LogP contribution >= 0.6 is 0 Å². The van der Waals surface area contributed by atoms with Gasteiger partial charge < -0.3 is 9.26 Å². The van der Waals surface area contributed by atoms with Gasteiger partial charge in [0.1, 0.15) is 23.5 Å². The molecular formula is C21H18FN7O2. The molecule has 31 heavy (non-hydrogen) atoms. The van der Waals surface area contributed by atoms with Crippen molar-refractivity contribution in [2.75, 3.05) is 0 Å². The largest absolute Gasteiger partial charge is 0.420 e. The highest BCUT2D eigenvalue weighted by atomic mass is 19.1. The summed E-state index contributed by atoms with van der Waals surface area (Å²) in [6, 6.07) is 9.68. The summed E-state index contributed by atoms with van der Waals surface area (Å²) in [5, 5.41) is 24.7. The predicted molar refractivity (Wildman–Crippen MR) is 111 cm³/mol. The first-order chi connectivity index (χ1) is 14.9. The van der Waals surface area contributed by atoms with Gasteiger partial charge in [0.15, 0.2) is 5.84 Å². The minimum Gasteiger partial charge on any atom is -0.420 e. The summed E-state index contributed by atoms with van der Waals surface area (Å²) in [4.78, 5) is 8.26. The van der Waals surface area contributed by atoms with Crippen molar-refractivity contribution in [2.24, 2.45) is 15.4 Å². The molecule has 156 valence electrons. The normalized spacial score (nSPS) is 18.2. The Balaban J connectivity index is 1.45. The SMILES string of the molecule is CC1(C2=NC(=N)C(=NC(=N)c3cc(-c4ccon4)n(Cc4ccccc4F)n3)O2)CC1. The summed E-state index contributed by atoms with van der Waals surface area (Å²) in [7, 11) is 0. The number of nitrogens with zero attached hydrogens (tertiary/aromatic N) is 5. The summed E-state index contributed by atoms with van der Waals surface area (Å²) in [6.45, 7) is 2.15. The third-order valence-corrected chi connectivity index (χ3v) is 5.34. The van der Waals surface area contributed by atoms with Crippen LogP contribution in [0.5, 0.6) is 0 Å². The summed E-state index contributed by atoms with van der Waals surface area (Å²) in [5.41, 5.74) is 1.56. The van der Waals surface area contributed by atoms with E-state index < -0.39 is 0 Å². The lowest BCUT2D eigenvalue weighted by Gasteiger charge is -2.06. The average Bonchev–Trinajstić information content (AvgIpc) is 3.13. The predicted octanol–water partition coefficient (Wildman–Crippen LogP) is 3.66. The maximum absolute atomic E-state index is 14.2. The second-order valence-electron chi connectivity index (χ2n) is 7.74. The molecule has 1 saturated carbocycles. The number of hydrogen-bond donors (Lipinski definition) is 2. The molecule has 2 aromatic heterocycles. The number of aromatic nitrogens is 3. The fourth-order valence-electron chi connectivity index (χ4n) is 3.20. The van der Waals surface area contributed by atoms with Gasteiger partial charge in [-0.3, -0.25) is 15.5 Å². The third kappa shape index (κ3) is 3.56. The Morgan fingerprint density at radius 2 is 2.10 bits per heavy atom. The number of aliphatic imine (C=N–C) groups is 2. The van der Waals surface area contributed by atoms with E-state index in [2.05, 4.69) is 20.2 Å². The van der Waals surface area contributed by atoms with E-state index in [1.165, 1.54) is 17.0 Å². The number of amidine groups is 2. The highest BCUT2D eigenvalue weighted by Crippen LogP contribution is 2.47. The van der Waals surface area contributed by atoms with Gasteiger partial charge in [-0.1, -0.05) is 30.3 Å². The van der Waals surface area contributed by atoms with E-state index in [1.54, 1.807) is 30.3 Å². The zero-order valence-electron chi connectivity index (χ0n) is 16.6. The van der Waals surface area contributed by atoms with Gasteiger partial charge in [0, 0.05) is 17.0 Å². The van der Waals surface area contributed by atoms with Crippen LogP contribution in [-0.2, 0) is 11.3 Å². The molecule has 1 fully saturated rings. The summed E-state index contributed by atoms with van der Waals surface area (Å²) < 4.78 is 26.3. The van der Waals surface area contributed by atoms with E-state index in [9.17, 15) is 4.39 Å². The molecule has 3 heterocycles. The van der Waals surface area contributed by atoms with E-state index in [0.717, 1.165) is 12.8 Å². The number of nitrogens with one attached hydrogen (secondary N) is 2. The topological polar surface area (TPSA) is 126 Å². The minimum atomic E-state index is -0.355. The van der Waals surface area contributed by atoms with Gasteiger partial charge in [0.25, 0.3) is 5.90 Å². The van der Waals surface area contributed by atoms with E-state index in [1.807, 2.05) is 6.92 Å². The third-order valence-electron chi connectivity index (χ3n) is 5.34. The Bertz CT molecular complexity index is 1250. The molecule has 0 saturated heterocycles. The molecule has 5 rings (SSSR count). The number of ether oxygens (including phenoxy) is 1. The van der Waals surface area contributed by atoms with Crippen molar-refractivity contribution in [3.8, 4) is 11.4 Å². The van der Waals surface area contributed by atoms with Gasteiger partial charge in [-0.15, -0.1) is 0 Å². The fourth-order valence-corrected chi connectivity index (χ4v) is 3.20. The van der Waals surface area contributed by atoms with Crippen LogP contribution < -0.4 is 0 Å². The van der Waals surface area contributed by atoms with Gasteiger partial charge >= 0.3 is 0 Å². The zero-order valence-corrected chi connectivity index (χ0v) is 16.6. The average molecular weight is 419 g/mol. The molecule has 1 aliphatic carbocycles. The lowest BCUT2D eigenvalue weighted by Crippen LogP contribution is -2.16. The van der Waals surface area contributed by atoms with Crippen molar-refractivity contribution in [2.45, 2.75) is 26.3 Å². The molecule has 0 amide bonds. The van der Waals surface area contributed by atoms with Gasteiger partial charge in [-0.05, 0) is 25.0 Å². The molecule has 2 aliphatic rings. The maximum atomic E-state index is 14.2. The smallest absolute Gasteiger partial charge is 0.268 e. The van der Waals surface area contributed by atoms with Gasteiger partial charge in [-0.2, -0.15) is 15.1 Å². The standard InChI is InChI=1S/C21H18FN7O2/c1-21(7-8-21)20-26-18(24)19(31-20)25-17(23)15-10-16(14-6-9-30-28-14)29(27-15)11-12-4-2-3-5-13(12)22/h2-6,9-10,23-24H,7-8,11H2,1H3. The van der Waals surface area contributed by atoms with Crippen molar-refractivity contribution in [3.05, 3.63) is 59.7 Å². The molecule has 0 spiro atoms. The fraction of sp³-hybridized carbons (Fsp3) is 0.238. The molecule has 9 nitrogen and oxygen atoms in total. The summed E-state index contributed by atoms with van der Waals surface area (Å²) in [6.07, 6.45) is 3.32. The van der Waals surface area contributed by atoms with Gasteiger partial charge in [0.05, 0.1) is 12.2 Å². The summed E-state index contributed by atoms with van der Waals surface area (Å²) in [5.74, 6) is -0.228. The lowest BCUT2D eigenvalue weighted by molar-refractivity contribution is 0.421. The van der Waals surface area contributed by atoms with Crippen molar-refractivity contribution in [1.82, 2.24) is 14.9 Å². The number of halogens is 1. The summed E-state index contributed by atoms with van der Waals surface area (Å²) >= 11 is 0. The second kappa shape index (κ2) is 7.08. The molecule has 10 heteroatoms.